The van der Waals surface area contributed by atoms with Gasteiger partial charge in [-0.15, -0.1) is 0 Å². The van der Waals surface area contributed by atoms with Crippen LogP contribution in [0.1, 0.15) is 133 Å². The van der Waals surface area contributed by atoms with E-state index in [0.717, 1.165) is 58.5 Å². The van der Waals surface area contributed by atoms with E-state index in [2.05, 4.69) is 31.9 Å². The van der Waals surface area contributed by atoms with Crippen molar-refractivity contribution in [3.8, 4) is 0 Å². The Labute approximate surface area is 485 Å². The van der Waals surface area contributed by atoms with Crippen molar-refractivity contribution < 1.29 is 64.7 Å². The molecule has 0 spiro atoms. The number of fused-ring (bicyclic) bond motifs is 3. The summed E-state index contributed by atoms with van der Waals surface area (Å²) in [5.74, 6) is -29.2. The Hall–Kier alpha value is -7.08. The molecule has 8 N–H and O–H groups in total. The van der Waals surface area contributed by atoms with Gasteiger partial charge in [0.2, 0.25) is 35.4 Å². The van der Waals surface area contributed by atoms with E-state index in [1.807, 2.05) is 42.5 Å². The molecular formula is C60H78F6N10O8. The fraction of sp³-hybridized carbons (Fsp3) is 0.567. The lowest BCUT2D eigenvalue weighted by molar-refractivity contribution is -0.285. The lowest BCUT2D eigenvalue weighted by atomic mass is 9.83. The molecule has 458 valence electrons. The van der Waals surface area contributed by atoms with E-state index in [4.69, 9.17) is 0 Å². The zero-order valence-corrected chi connectivity index (χ0v) is 49.0. The molecule has 24 heteroatoms. The number of carbonyl (C=O) groups is 8. The third kappa shape index (κ3) is 13.5. The van der Waals surface area contributed by atoms with Crippen LogP contribution in [0.4, 0.5) is 32.0 Å². The van der Waals surface area contributed by atoms with Gasteiger partial charge in [-0.3, -0.25) is 38.4 Å². The van der Waals surface area contributed by atoms with Crippen LogP contribution < -0.4 is 42.5 Å². The Balaban J connectivity index is 1.11. The molecule has 2 aliphatic carbocycles. The van der Waals surface area contributed by atoms with Crippen molar-refractivity contribution in [2.45, 2.75) is 185 Å². The lowest BCUT2D eigenvalue weighted by Crippen LogP contribution is -2.65. The molecule has 7 unspecified atom stereocenters. The highest BCUT2D eigenvalue weighted by Crippen LogP contribution is 2.47. The molecule has 0 radical (unpaired) electrons. The molecule has 0 aromatic heterocycles. The predicted octanol–water partition coefficient (Wildman–Crippen LogP) is 5.54. The maximum Gasteiger partial charge on any atom is 0.393 e. The number of alkyl halides is 6. The van der Waals surface area contributed by atoms with Gasteiger partial charge in [0.25, 0.3) is 5.91 Å². The van der Waals surface area contributed by atoms with Crippen molar-refractivity contribution in [2.24, 2.45) is 10.8 Å². The van der Waals surface area contributed by atoms with Gasteiger partial charge in [0, 0.05) is 31.2 Å². The van der Waals surface area contributed by atoms with Gasteiger partial charge in [0.15, 0.2) is 0 Å². The SMILES string of the molecule is CN[C@@H](C)C(=O)NC(C(=O)N1Cc2cc(NC(=O)C(F)(F)C(F)(F)C(F)(F)C(=O)NC3CC(C(=O)NC4CCCc5ccccc54)N(C(=O)C(NC(=O)[C@H](C)NC)C(C)(C)C)C3)ccc2CC1C(=O)NC1CCCc2ccccc21)C(C)(C)C. The zero-order valence-electron chi connectivity index (χ0n) is 49.0. The second-order valence-corrected chi connectivity index (χ2v) is 24.7. The smallest absolute Gasteiger partial charge is 0.347 e. The number of benzene rings is 3. The van der Waals surface area contributed by atoms with Gasteiger partial charge in [-0.2, -0.15) is 26.3 Å². The molecule has 0 saturated carbocycles. The number of likely N-dealkylation sites (tertiary alicyclic amines) is 1. The summed E-state index contributed by atoms with van der Waals surface area (Å²) in [6.45, 7) is 11.8. The number of amides is 8. The molecule has 9 atom stereocenters. The highest BCUT2D eigenvalue weighted by atomic mass is 19.3. The van der Waals surface area contributed by atoms with Crippen LogP contribution in [0.5, 0.6) is 0 Å². The van der Waals surface area contributed by atoms with Crippen molar-refractivity contribution in [3.63, 3.8) is 0 Å². The number of nitrogens with zero attached hydrogens (tertiary/aromatic N) is 2. The van der Waals surface area contributed by atoms with E-state index in [1.54, 1.807) is 72.2 Å². The van der Waals surface area contributed by atoms with Crippen LogP contribution in [-0.4, -0.2) is 138 Å². The van der Waals surface area contributed by atoms with Crippen LogP contribution in [0.15, 0.2) is 66.7 Å². The third-order valence-corrected chi connectivity index (χ3v) is 16.6. The molecule has 7 rings (SSSR count). The number of hydrogen-bond donors (Lipinski definition) is 8. The van der Waals surface area contributed by atoms with Crippen LogP contribution in [0.3, 0.4) is 0 Å². The molecule has 4 aliphatic rings. The van der Waals surface area contributed by atoms with Gasteiger partial charge in [0.1, 0.15) is 24.2 Å². The van der Waals surface area contributed by atoms with Crippen LogP contribution in [0, 0.1) is 10.8 Å². The highest BCUT2D eigenvalue weighted by Gasteiger charge is 2.78. The van der Waals surface area contributed by atoms with Gasteiger partial charge in [-0.25, -0.2) is 0 Å². The van der Waals surface area contributed by atoms with Crippen LogP contribution in [-0.2, 0) is 64.2 Å². The van der Waals surface area contributed by atoms with Gasteiger partial charge in [0.05, 0.1) is 24.2 Å². The molecule has 3 aromatic rings. The summed E-state index contributed by atoms with van der Waals surface area (Å²) in [7, 11) is 3.05. The number of carbonyl (C=O) groups excluding carboxylic acids is 8. The van der Waals surface area contributed by atoms with Crippen molar-refractivity contribution in [2.75, 3.05) is 26.0 Å². The Morgan fingerprint density at radius 3 is 1.51 bits per heavy atom. The van der Waals surface area contributed by atoms with E-state index in [0.29, 0.717) is 24.8 Å². The molecule has 2 heterocycles. The topological polar surface area (TPSA) is 239 Å². The maximum absolute atomic E-state index is 16.0. The molecule has 18 nitrogen and oxygen atoms in total. The van der Waals surface area contributed by atoms with Crippen molar-refractivity contribution in [1.29, 1.82) is 0 Å². The first kappa shape index (κ1) is 64.5. The first-order valence-electron chi connectivity index (χ1n) is 28.4. The third-order valence-electron chi connectivity index (χ3n) is 16.6. The number of halogens is 6. The highest BCUT2D eigenvalue weighted by molar-refractivity contribution is 5.99. The molecular weight excluding hydrogens is 1100 g/mol. The Morgan fingerprint density at radius 2 is 1.02 bits per heavy atom. The summed E-state index contributed by atoms with van der Waals surface area (Å²) >= 11 is 0. The summed E-state index contributed by atoms with van der Waals surface area (Å²) in [6, 6.07) is 8.75. The number of aryl methyl sites for hydroxylation is 2. The molecule has 8 amide bonds. The minimum absolute atomic E-state index is 0.152. The fourth-order valence-corrected chi connectivity index (χ4v) is 11.3. The second-order valence-electron chi connectivity index (χ2n) is 24.7. The predicted molar refractivity (Wildman–Crippen MR) is 300 cm³/mol. The van der Waals surface area contributed by atoms with Crippen LogP contribution in [0.25, 0.3) is 0 Å². The molecule has 1 fully saturated rings. The Kier molecular flexibility index (Phi) is 19.4. The van der Waals surface area contributed by atoms with Crippen LogP contribution >= 0.6 is 0 Å². The number of likely N-dealkylation sites (N-methyl/N-ethyl adjacent to an activating group) is 2. The van der Waals surface area contributed by atoms with Gasteiger partial charge >= 0.3 is 23.7 Å². The summed E-state index contributed by atoms with van der Waals surface area (Å²) in [4.78, 5) is 113. The zero-order chi connectivity index (χ0) is 62.0. The average Bonchev–Trinajstić information content (AvgIpc) is 1.20. The van der Waals surface area contributed by atoms with Gasteiger partial charge in [-0.05, 0) is 129 Å². The largest absolute Gasteiger partial charge is 0.393 e. The molecule has 0 bridgehead atoms. The normalized spacial score (nSPS) is 21.5. The van der Waals surface area contributed by atoms with E-state index < -0.39 is 155 Å². The summed E-state index contributed by atoms with van der Waals surface area (Å²) in [5.41, 5.74) is 1.65. The fourth-order valence-electron chi connectivity index (χ4n) is 11.3. The summed E-state index contributed by atoms with van der Waals surface area (Å²) in [5, 5.41) is 20.2. The molecule has 2 aliphatic heterocycles. The minimum Gasteiger partial charge on any atom is -0.347 e. The lowest BCUT2D eigenvalue weighted by Gasteiger charge is -2.42. The van der Waals surface area contributed by atoms with Crippen molar-refractivity contribution in [3.05, 3.63) is 100 Å². The maximum atomic E-state index is 16.0. The second kappa shape index (κ2) is 25.2. The Bertz CT molecular complexity index is 3000. The first-order chi connectivity index (χ1) is 39.2. The number of rotatable bonds is 18. The van der Waals surface area contributed by atoms with E-state index in [9.17, 15) is 38.4 Å². The number of anilines is 1. The van der Waals surface area contributed by atoms with Gasteiger partial charge in [-0.1, -0.05) is 96.1 Å². The Morgan fingerprint density at radius 1 is 0.560 bits per heavy atom. The first-order valence-corrected chi connectivity index (χ1v) is 28.4. The number of nitrogens with one attached hydrogen (secondary N) is 8. The standard InChI is InChI=1S/C60H78F6N10O8/c1-32(67-9)48(77)73-46(56(3,4)5)52(81)75-30-37-27-38(26-25-36(37)28-44(75)50(79)71-42-23-15-19-34-17-11-13-21-40(34)42)69-54(83)58(61,62)60(65,66)59(63,64)55(84)70-39-29-45(51(80)72-43-24-16-20-35-18-12-14-22-41(35)43)76(31-39)53(82)47(57(6,7)8)74-49(78)33(2)68-10/h11-14,17-18,21-22,25-27,32-33,39,42-47,67-68H,15-16,19-20,23-24,28-31H2,1-10H3,(H,69,83)(H,70,84)(H,71,79)(H,72,80)(H,73,77)(H,74,78)/t32-,33-,39?,42?,43?,44?,45?,46?,47?/m0/s1. The van der Waals surface area contributed by atoms with Gasteiger partial charge < -0.3 is 52.3 Å². The summed E-state index contributed by atoms with van der Waals surface area (Å²) in [6.07, 6.45) is 3.23. The van der Waals surface area contributed by atoms with E-state index in [1.165, 1.54) is 24.9 Å². The van der Waals surface area contributed by atoms with E-state index >= 15 is 26.3 Å². The molecule has 3 aromatic carbocycles. The van der Waals surface area contributed by atoms with Crippen molar-refractivity contribution in [1.82, 2.24) is 47.0 Å². The van der Waals surface area contributed by atoms with E-state index in [-0.39, 0.29) is 12.0 Å². The quantitative estimate of drug-likeness (QED) is 0.0741. The van der Waals surface area contributed by atoms with Crippen molar-refractivity contribution >= 4 is 52.9 Å². The summed E-state index contributed by atoms with van der Waals surface area (Å²) < 4.78 is 95.6. The number of hydrogen-bond acceptors (Lipinski definition) is 10. The molecule has 1 saturated heterocycles. The average molecular weight is 1180 g/mol. The monoisotopic (exact) mass is 1180 g/mol. The van der Waals surface area contributed by atoms with Crippen LogP contribution in [0.2, 0.25) is 0 Å². The molecule has 84 heavy (non-hydrogen) atoms. The minimum atomic E-state index is -6.72.